The van der Waals surface area contributed by atoms with Crippen LogP contribution in [0.2, 0.25) is 0 Å². The number of likely N-dealkylation sites (tertiary alicyclic amines) is 1. The molecule has 2 nitrogen and oxygen atoms in total. The van der Waals surface area contributed by atoms with E-state index in [1.165, 1.54) is 24.5 Å². The smallest absolute Gasteiger partial charge is 0.0746 e. The number of hydrogen-bond donors (Lipinski definition) is 1. The van der Waals surface area contributed by atoms with Gasteiger partial charge in [0.2, 0.25) is 0 Å². The van der Waals surface area contributed by atoms with Crippen molar-refractivity contribution in [2.45, 2.75) is 38.7 Å². The Labute approximate surface area is 92.1 Å². The molecular weight excluding hydrogens is 194 g/mol. The SMILES string of the molecule is CCSCCCN1CCCC(C)(O)C1. The van der Waals surface area contributed by atoms with Gasteiger partial charge in [-0.3, -0.25) is 0 Å². The number of rotatable bonds is 5. The van der Waals surface area contributed by atoms with Crippen molar-refractivity contribution in [3.63, 3.8) is 0 Å². The average Bonchev–Trinajstić information content (AvgIpc) is 2.11. The third-order valence-electron chi connectivity index (χ3n) is 2.72. The molecule has 1 N–H and O–H groups in total. The van der Waals surface area contributed by atoms with E-state index in [2.05, 4.69) is 11.8 Å². The van der Waals surface area contributed by atoms with Crippen LogP contribution in [-0.2, 0) is 0 Å². The zero-order valence-corrected chi connectivity index (χ0v) is 10.3. The molecule has 0 radical (unpaired) electrons. The van der Waals surface area contributed by atoms with E-state index < -0.39 is 5.60 Å². The Morgan fingerprint density at radius 3 is 2.93 bits per heavy atom. The highest BCUT2D eigenvalue weighted by molar-refractivity contribution is 7.99. The third kappa shape index (κ3) is 4.67. The summed E-state index contributed by atoms with van der Waals surface area (Å²) in [5.41, 5.74) is -0.434. The molecule has 0 aliphatic carbocycles. The Kier molecular flexibility index (Phi) is 5.28. The summed E-state index contributed by atoms with van der Waals surface area (Å²) < 4.78 is 0. The van der Waals surface area contributed by atoms with Crippen LogP contribution >= 0.6 is 11.8 Å². The first-order valence-corrected chi connectivity index (χ1v) is 6.82. The maximum Gasteiger partial charge on any atom is 0.0746 e. The van der Waals surface area contributed by atoms with Gasteiger partial charge in [0.05, 0.1) is 5.60 Å². The molecule has 1 aliphatic rings. The van der Waals surface area contributed by atoms with Gasteiger partial charge in [-0.2, -0.15) is 11.8 Å². The van der Waals surface area contributed by atoms with E-state index in [1.807, 2.05) is 18.7 Å². The van der Waals surface area contributed by atoms with Crippen molar-refractivity contribution < 1.29 is 5.11 Å². The first-order chi connectivity index (χ1) is 6.64. The van der Waals surface area contributed by atoms with Gasteiger partial charge >= 0.3 is 0 Å². The summed E-state index contributed by atoms with van der Waals surface area (Å²) in [4.78, 5) is 2.40. The molecule has 1 rings (SSSR count). The van der Waals surface area contributed by atoms with E-state index in [1.54, 1.807) is 0 Å². The number of aliphatic hydroxyl groups is 1. The predicted octanol–water partition coefficient (Wildman–Crippen LogP) is 1.98. The summed E-state index contributed by atoms with van der Waals surface area (Å²) in [6, 6.07) is 0. The van der Waals surface area contributed by atoms with Crippen LogP contribution in [0, 0.1) is 0 Å². The van der Waals surface area contributed by atoms with Crippen molar-refractivity contribution in [2.75, 3.05) is 31.1 Å². The molecule has 1 heterocycles. The predicted molar refractivity (Wildman–Crippen MR) is 63.9 cm³/mol. The number of β-amino-alcohol motifs (C(OH)–C–C–N with tert-alkyl or cyclic N) is 1. The number of nitrogens with zero attached hydrogens (tertiary/aromatic N) is 1. The average molecular weight is 217 g/mol. The standard InChI is InChI=1S/C11H23NOS/c1-3-14-9-5-8-12-7-4-6-11(2,13)10-12/h13H,3-10H2,1-2H3. The summed E-state index contributed by atoms with van der Waals surface area (Å²) in [6.45, 7) is 7.36. The van der Waals surface area contributed by atoms with E-state index in [9.17, 15) is 5.11 Å². The van der Waals surface area contributed by atoms with Crippen molar-refractivity contribution in [1.29, 1.82) is 0 Å². The summed E-state index contributed by atoms with van der Waals surface area (Å²) in [5.74, 6) is 2.48. The molecule has 0 aromatic rings. The Morgan fingerprint density at radius 1 is 1.50 bits per heavy atom. The number of hydrogen-bond acceptors (Lipinski definition) is 3. The molecule has 0 saturated carbocycles. The molecule has 3 heteroatoms. The molecule has 0 aromatic heterocycles. The van der Waals surface area contributed by atoms with Gasteiger partial charge in [0.15, 0.2) is 0 Å². The molecule has 14 heavy (non-hydrogen) atoms. The second-order valence-electron chi connectivity index (χ2n) is 4.43. The largest absolute Gasteiger partial charge is 0.389 e. The van der Waals surface area contributed by atoms with Gasteiger partial charge in [0.1, 0.15) is 0 Å². The lowest BCUT2D eigenvalue weighted by molar-refractivity contribution is -0.0152. The van der Waals surface area contributed by atoms with Crippen molar-refractivity contribution in [1.82, 2.24) is 4.90 Å². The summed E-state index contributed by atoms with van der Waals surface area (Å²) in [7, 11) is 0. The molecule has 84 valence electrons. The van der Waals surface area contributed by atoms with Crippen LogP contribution in [0.5, 0.6) is 0 Å². The lowest BCUT2D eigenvalue weighted by Gasteiger charge is -2.36. The van der Waals surface area contributed by atoms with Crippen LogP contribution in [-0.4, -0.2) is 46.7 Å². The quantitative estimate of drug-likeness (QED) is 0.712. The molecule has 0 aromatic carbocycles. The minimum atomic E-state index is -0.434. The summed E-state index contributed by atoms with van der Waals surface area (Å²) >= 11 is 2.01. The maximum absolute atomic E-state index is 9.90. The van der Waals surface area contributed by atoms with Crippen LogP contribution < -0.4 is 0 Å². The zero-order chi connectivity index (χ0) is 10.4. The van der Waals surface area contributed by atoms with Gasteiger partial charge in [-0.25, -0.2) is 0 Å². The second kappa shape index (κ2) is 5.99. The molecule has 1 unspecified atom stereocenters. The highest BCUT2D eigenvalue weighted by Crippen LogP contribution is 2.20. The Balaban J connectivity index is 2.12. The minimum Gasteiger partial charge on any atom is -0.389 e. The van der Waals surface area contributed by atoms with Crippen molar-refractivity contribution in [3.05, 3.63) is 0 Å². The summed E-state index contributed by atoms with van der Waals surface area (Å²) in [5, 5.41) is 9.90. The van der Waals surface area contributed by atoms with E-state index in [-0.39, 0.29) is 0 Å². The number of piperidine rings is 1. The Morgan fingerprint density at radius 2 is 2.29 bits per heavy atom. The molecule has 1 aliphatic heterocycles. The highest BCUT2D eigenvalue weighted by Gasteiger charge is 2.27. The lowest BCUT2D eigenvalue weighted by atomic mass is 9.95. The van der Waals surface area contributed by atoms with E-state index in [0.29, 0.717) is 0 Å². The second-order valence-corrected chi connectivity index (χ2v) is 5.82. The monoisotopic (exact) mass is 217 g/mol. The molecule has 1 saturated heterocycles. The maximum atomic E-state index is 9.90. The first kappa shape index (κ1) is 12.3. The first-order valence-electron chi connectivity index (χ1n) is 5.66. The van der Waals surface area contributed by atoms with Crippen LogP contribution in [0.25, 0.3) is 0 Å². The fourth-order valence-corrected chi connectivity index (χ4v) is 2.67. The van der Waals surface area contributed by atoms with Crippen LogP contribution in [0.15, 0.2) is 0 Å². The number of thioether (sulfide) groups is 1. The van der Waals surface area contributed by atoms with E-state index >= 15 is 0 Å². The van der Waals surface area contributed by atoms with Crippen LogP contribution in [0.3, 0.4) is 0 Å². The third-order valence-corrected chi connectivity index (χ3v) is 3.71. The molecule has 0 bridgehead atoms. The van der Waals surface area contributed by atoms with Gasteiger partial charge < -0.3 is 10.0 Å². The van der Waals surface area contributed by atoms with Crippen molar-refractivity contribution >= 4 is 11.8 Å². The normalized spacial score (nSPS) is 29.4. The highest BCUT2D eigenvalue weighted by atomic mass is 32.2. The topological polar surface area (TPSA) is 23.5 Å². The van der Waals surface area contributed by atoms with Crippen LogP contribution in [0.4, 0.5) is 0 Å². The van der Waals surface area contributed by atoms with Gasteiger partial charge in [-0.1, -0.05) is 6.92 Å². The fourth-order valence-electron chi connectivity index (χ4n) is 2.05. The van der Waals surface area contributed by atoms with Gasteiger partial charge in [-0.05, 0) is 50.8 Å². The van der Waals surface area contributed by atoms with Gasteiger partial charge in [-0.15, -0.1) is 0 Å². The Bertz CT molecular complexity index is 161. The molecule has 1 atom stereocenters. The van der Waals surface area contributed by atoms with Crippen molar-refractivity contribution in [3.8, 4) is 0 Å². The molecule has 0 amide bonds. The minimum absolute atomic E-state index is 0.434. The van der Waals surface area contributed by atoms with Crippen LogP contribution in [0.1, 0.15) is 33.1 Å². The van der Waals surface area contributed by atoms with Gasteiger partial charge in [0.25, 0.3) is 0 Å². The van der Waals surface area contributed by atoms with Crippen molar-refractivity contribution in [2.24, 2.45) is 0 Å². The zero-order valence-electron chi connectivity index (χ0n) is 9.46. The molecular formula is C11H23NOS. The molecule has 0 spiro atoms. The molecule has 1 fully saturated rings. The fraction of sp³-hybridized carbons (Fsp3) is 1.00. The van der Waals surface area contributed by atoms with E-state index in [4.69, 9.17) is 0 Å². The lowest BCUT2D eigenvalue weighted by Crippen LogP contribution is -2.46. The Hall–Kier alpha value is 0.270. The van der Waals surface area contributed by atoms with E-state index in [0.717, 1.165) is 25.9 Å². The van der Waals surface area contributed by atoms with Gasteiger partial charge in [0, 0.05) is 6.54 Å². The summed E-state index contributed by atoms with van der Waals surface area (Å²) in [6.07, 6.45) is 3.37.